The lowest BCUT2D eigenvalue weighted by Gasteiger charge is -2.07. The molecular formula is C14H15NOS. The molecule has 0 saturated heterocycles. The lowest BCUT2D eigenvalue weighted by molar-refractivity contribution is 0.414. The van der Waals surface area contributed by atoms with Crippen LogP contribution in [0, 0.1) is 6.92 Å². The molecule has 0 radical (unpaired) electrons. The quantitative estimate of drug-likeness (QED) is 0.837. The van der Waals surface area contributed by atoms with Gasteiger partial charge in [0, 0.05) is 15.5 Å². The molecular weight excluding hydrogens is 230 g/mol. The first-order valence-corrected chi connectivity index (χ1v) is 6.19. The molecule has 0 unspecified atom stereocenters. The van der Waals surface area contributed by atoms with Gasteiger partial charge in [0.25, 0.3) is 0 Å². The van der Waals surface area contributed by atoms with Gasteiger partial charge < -0.3 is 10.5 Å². The zero-order valence-electron chi connectivity index (χ0n) is 9.94. The monoisotopic (exact) mass is 245 g/mol. The smallest absolute Gasteiger partial charge is 0.118 e. The molecule has 0 bridgehead atoms. The Hall–Kier alpha value is -1.61. The van der Waals surface area contributed by atoms with Crippen molar-refractivity contribution < 1.29 is 4.74 Å². The lowest BCUT2D eigenvalue weighted by atomic mass is 10.2. The molecule has 0 fully saturated rings. The van der Waals surface area contributed by atoms with E-state index in [1.54, 1.807) is 18.9 Å². The number of hydrogen-bond donors (Lipinski definition) is 1. The fraction of sp³-hybridized carbons (Fsp3) is 0.143. The molecule has 0 heterocycles. The van der Waals surface area contributed by atoms with Gasteiger partial charge in [0.15, 0.2) is 0 Å². The van der Waals surface area contributed by atoms with E-state index in [0.29, 0.717) is 0 Å². The normalized spacial score (nSPS) is 10.2. The third kappa shape index (κ3) is 2.94. The number of methoxy groups -OCH3 is 1. The summed E-state index contributed by atoms with van der Waals surface area (Å²) in [6.07, 6.45) is 0. The van der Waals surface area contributed by atoms with Crippen molar-refractivity contribution in [3.8, 4) is 5.75 Å². The second-order valence-electron chi connectivity index (χ2n) is 3.80. The van der Waals surface area contributed by atoms with Crippen LogP contribution in [0.5, 0.6) is 5.75 Å². The maximum Gasteiger partial charge on any atom is 0.118 e. The van der Waals surface area contributed by atoms with Gasteiger partial charge in [0.2, 0.25) is 0 Å². The average Bonchev–Trinajstić information content (AvgIpc) is 2.34. The van der Waals surface area contributed by atoms with Crippen molar-refractivity contribution in [2.45, 2.75) is 16.7 Å². The van der Waals surface area contributed by atoms with Gasteiger partial charge in [-0.15, -0.1) is 0 Å². The number of nitrogen functional groups attached to an aromatic ring is 1. The number of ether oxygens (including phenoxy) is 1. The number of nitrogens with two attached hydrogens (primary N) is 1. The van der Waals surface area contributed by atoms with E-state index in [-0.39, 0.29) is 0 Å². The van der Waals surface area contributed by atoms with Crippen LogP contribution in [0.15, 0.2) is 52.3 Å². The van der Waals surface area contributed by atoms with E-state index >= 15 is 0 Å². The van der Waals surface area contributed by atoms with Crippen LogP contribution in [0.25, 0.3) is 0 Å². The fourth-order valence-electron chi connectivity index (χ4n) is 1.56. The molecule has 0 aliphatic rings. The zero-order chi connectivity index (χ0) is 12.3. The summed E-state index contributed by atoms with van der Waals surface area (Å²) in [5.41, 5.74) is 7.74. The molecule has 2 nitrogen and oxygen atoms in total. The second kappa shape index (κ2) is 5.15. The van der Waals surface area contributed by atoms with Crippen molar-refractivity contribution >= 4 is 17.4 Å². The minimum absolute atomic E-state index is 0.807. The summed E-state index contributed by atoms with van der Waals surface area (Å²) >= 11 is 1.73. The van der Waals surface area contributed by atoms with Crippen LogP contribution in [-0.2, 0) is 0 Å². The molecule has 17 heavy (non-hydrogen) atoms. The maximum absolute atomic E-state index is 5.73. The molecule has 88 valence electrons. The molecule has 0 atom stereocenters. The Kier molecular flexibility index (Phi) is 3.59. The van der Waals surface area contributed by atoms with Gasteiger partial charge in [-0.05, 0) is 55.0 Å². The fourth-order valence-corrected chi connectivity index (χ4v) is 2.44. The molecule has 2 rings (SSSR count). The Bertz CT molecular complexity index is 508. The molecule has 2 N–H and O–H groups in total. The number of anilines is 1. The minimum Gasteiger partial charge on any atom is -0.497 e. The third-order valence-corrected chi connectivity index (χ3v) is 3.67. The van der Waals surface area contributed by atoms with Gasteiger partial charge in [-0.1, -0.05) is 11.8 Å². The first-order chi connectivity index (χ1) is 8.19. The molecule has 0 aliphatic heterocycles. The standard InChI is InChI=1S/C14H15NOS/c1-10-9-11(15)3-8-14(10)17-13-6-4-12(16-2)5-7-13/h3-9H,15H2,1-2H3. The summed E-state index contributed by atoms with van der Waals surface area (Å²) in [7, 11) is 1.67. The van der Waals surface area contributed by atoms with Crippen molar-refractivity contribution in [1.82, 2.24) is 0 Å². The van der Waals surface area contributed by atoms with Crippen LogP contribution >= 0.6 is 11.8 Å². The maximum atomic E-state index is 5.73. The van der Waals surface area contributed by atoms with Crippen molar-refractivity contribution in [2.75, 3.05) is 12.8 Å². The van der Waals surface area contributed by atoms with Crippen LogP contribution in [0.2, 0.25) is 0 Å². The Morgan fingerprint density at radius 1 is 1.06 bits per heavy atom. The van der Waals surface area contributed by atoms with Crippen LogP contribution in [0.1, 0.15) is 5.56 Å². The van der Waals surface area contributed by atoms with E-state index < -0.39 is 0 Å². The van der Waals surface area contributed by atoms with Crippen LogP contribution in [-0.4, -0.2) is 7.11 Å². The van der Waals surface area contributed by atoms with Crippen LogP contribution in [0.3, 0.4) is 0 Å². The summed E-state index contributed by atoms with van der Waals surface area (Å²) in [6.45, 7) is 2.07. The highest BCUT2D eigenvalue weighted by atomic mass is 32.2. The van der Waals surface area contributed by atoms with Crippen molar-refractivity contribution in [2.24, 2.45) is 0 Å². The largest absolute Gasteiger partial charge is 0.497 e. The minimum atomic E-state index is 0.807. The topological polar surface area (TPSA) is 35.2 Å². The summed E-state index contributed by atoms with van der Waals surface area (Å²) in [5, 5.41) is 0. The van der Waals surface area contributed by atoms with Gasteiger partial charge in [-0.25, -0.2) is 0 Å². The lowest BCUT2D eigenvalue weighted by Crippen LogP contribution is -1.87. The van der Waals surface area contributed by atoms with Crippen molar-refractivity contribution in [3.63, 3.8) is 0 Å². The van der Waals surface area contributed by atoms with E-state index in [2.05, 4.69) is 25.1 Å². The third-order valence-electron chi connectivity index (χ3n) is 2.49. The Labute approximate surface area is 106 Å². The number of aryl methyl sites for hydroxylation is 1. The average molecular weight is 245 g/mol. The first kappa shape index (κ1) is 11.9. The van der Waals surface area contributed by atoms with Gasteiger partial charge in [0.1, 0.15) is 5.75 Å². The molecule has 0 amide bonds. The van der Waals surface area contributed by atoms with Gasteiger partial charge in [0.05, 0.1) is 7.11 Å². The van der Waals surface area contributed by atoms with Crippen molar-refractivity contribution in [1.29, 1.82) is 0 Å². The molecule has 2 aromatic rings. The number of benzene rings is 2. The molecule has 0 saturated carbocycles. The van der Waals surface area contributed by atoms with E-state index in [0.717, 1.165) is 11.4 Å². The van der Waals surface area contributed by atoms with E-state index in [1.165, 1.54) is 15.4 Å². The molecule has 0 aliphatic carbocycles. The van der Waals surface area contributed by atoms with Gasteiger partial charge in [-0.2, -0.15) is 0 Å². The highest BCUT2D eigenvalue weighted by Gasteiger charge is 2.02. The molecule has 0 spiro atoms. The Morgan fingerprint density at radius 3 is 2.35 bits per heavy atom. The molecule has 0 aromatic heterocycles. The number of hydrogen-bond acceptors (Lipinski definition) is 3. The van der Waals surface area contributed by atoms with Gasteiger partial charge in [-0.3, -0.25) is 0 Å². The summed E-state index contributed by atoms with van der Waals surface area (Å²) in [6, 6.07) is 14.0. The predicted octanol–water partition coefficient (Wildman–Crippen LogP) is 3.74. The number of rotatable bonds is 3. The summed E-state index contributed by atoms with van der Waals surface area (Å²) in [5.74, 6) is 0.878. The van der Waals surface area contributed by atoms with Crippen LogP contribution in [0.4, 0.5) is 5.69 Å². The first-order valence-electron chi connectivity index (χ1n) is 5.37. The van der Waals surface area contributed by atoms with Crippen molar-refractivity contribution in [3.05, 3.63) is 48.0 Å². The Balaban J connectivity index is 2.19. The van der Waals surface area contributed by atoms with Gasteiger partial charge >= 0.3 is 0 Å². The Morgan fingerprint density at radius 2 is 1.76 bits per heavy atom. The SMILES string of the molecule is COc1ccc(Sc2ccc(N)cc2C)cc1. The highest BCUT2D eigenvalue weighted by Crippen LogP contribution is 2.31. The summed E-state index contributed by atoms with van der Waals surface area (Å²) < 4.78 is 5.13. The van der Waals surface area contributed by atoms with E-state index in [9.17, 15) is 0 Å². The molecule has 3 heteroatoms. The highest BCUT2D eigenvalue weighted by molar-refractivity contribution is 7.99. The second-order valence-corrected chi connectivity index (χ2v) is 4.92. The van der Waals surface area contributed by atoms with E-state index in [1.807, 2.05) is 24.3 Å². The summed E-state index contributed by atoms with van der Waals surface area (Å²) in [4.78, 5) is 2.42. The predicted molar refractivity (Wildman–Crippen MR) is 72.7 cm³/mol. The zero-order valence-corrected chi connectivity index (χ0v) is 10.8. The van der Waals surface area contributed by atoms with E-state index in [4.69, 9.17) is 10.5 Å². The molecule has 2 aromatic carbocycles. The van der Waals surface area contributed by atoms with Crippen LogP contribution < -0.4 is 10.5 Å².